The standard InChI is InChI=1S/C10H19NO/c1-8(11)6-7-9(2)12-10(3,4)5/h6-8H,2,11H2,1,3-5H3/b7-6-. The molecule has 0 saturated carbocycles. The quantitative estimate of drug-likeness (QED) is 0.519. The number of allylic oxidation sites excluding steroid dienone is 1. The number of rotatable bonds is 3. The molecule has 0 bridgehead atoms. The molecule has 2 heteroatoms. The molecule has 2 nitrogen and oxygen atoms in total. The molecule has 1 unspecified atom stereocenters. The Morgan fingerprint density at radius 2 is 2.00 bits per heavy atom. The monoisotopic (exact) mass is 169 g/mol. The molecule has 0 aliphatic carbocycles. The van der Waals surface area contributed by atoms with Gasteiger partial charge in [0.1, 0.15) is 11.4 Å². The molecule has 0 aromatic carbocycles. The summed E-state index contributed by atoms with van der Waals surface area (Å²) in [5.74, 6) is 0.653. The van der Waals surface area contributed by atoms with Gasteiger partial charge < -0.3 is 10.5 Å². The van der Waals surface area contributed by atoms with Crippen LogP contribution in [0.15, 0.2) is 24.5 Å². The van der Waals surface area contributed by atoms with Crippen molar-refractivity contribution in [1.82, 2.24) is 0 Å². The lowest BCUT2D eigenvalue weighted by Gasteiger charge is -2.21. The maximum atomic E-state index is 5.52. The van der Waals surface area contributed by atoms with Gasteiger partial charge in [-0.3, -0.25) is 0 Å². The number of ether oxygens (including phenoxy) is 1. The lowest BCUT2D eigenvalue weighted by Crippen LogP contribution is -2.18. The normalized spacial score (nSPS) is 14.8. The largest absolute Gasteiger partial charge is 0.489 e. The fourth-order valence-electron chi connectivity index (χ4n) is 0.686. The maximum absolute atomic E-state index is 5.52. The van der Waals surface area contributed by atoms with Gasteiger partial charge in [-0.25, -0.2) is 0 Å². The third-order valence-corrected chi connectivity index (χ3v) is 1.02. The fourth-order valence-corrected chi connectivity index (χ4v) is 0.686. The van der Waals surface area contributed by atoms with Crippen molar-refractivity contribution < 1.29 is 4.74 Å². The summed E-state index contributed by atoms with van der Waals surface area (Å²) in [5, 5.41) is 0. The van der Waals surface area contributed by atoms with Crippen molar-refractivity contribution in [2.24, 2.45) is 5.73 Å². The third kappa shape index (κ3) is 7.35. The second-order valence-electron chi connectivity index (χ2n) is 3.90. The van der Waals surface area contributed by atoms with Crippen molar-refractivity contribution in [3.8, 4) is 0 Å². The second kappa shape index (κ2) is 4.31. The number of nitrogens with two attached hydrogens (primary N) is 1. The molecule has 0 aromatic heterocycles. The summed E-state index contributed by atoms with van der Waals surface area (Å²) in [6, 6.07) is 0.0466. The van der Waals surface area contributed by atoms with Gasteiger partial charge in [-0.05, 0) is 33.8 Å². The van der Waals surface area contributed by atoms with Gasteiger partial charge in [0.2, 0.25) is 0 Å². The van der Waals surface area contributed by atoms with Crippen LogP contribution in [-0.2, 0) is 4.74 Å². The average Bonchev–Trinajstić information content (AvgIpc) is 1.79. The molecule has 0 spiro atoms. The molecular weight excluding hydrogens is 150 g/mol. The summed E-state index contributed by atoms with van der Waals surface area (Å²) in [5.41, 5.74) is 5.34. The highest BCUT2D eigenvalue weighted by molar-refractivity contribution is 5.10. The molecular formula is C10H19NO. The summed E-state index contributed by atoms with van der Waals surface area (Å²) in [7, 11) is 0. The second-order valence-corrected chi connectivity index (χ2v) is 3.90. The molecule has 12 heavy (non-hydrogen) atoms. The molecule has 0 amide bonds. The Labute approximate surface area is 75.1 Å². The van der Waals surface area contributed by atoms with E-state index in [1.807, 2.05) is 33.8 Å². The van der Waals surface area contributed by atoms with Crippen LogP contribution in [0.5, 0.6) is 0 Å². The first-order valence-electron chi connectivity index (χ1n) is 4.13. The fraction of sp³-hybridized carbons (Fsp3) is 0.600. The molecule has 0 aromatic rings. The maximum Gasteiger partial charge on any atom is 0.112 e. The SMILES string of the molecule is C=C(/C=C\C(C)N)OC(C)(C)C. The zero-order valence-corrected chi connectivity index (χ0v) is 8.42. The molecule has 0 rings (SSSR count). The molecule has 2 N–H and O–H groups in total. The molecule has 0 fully saturated rings. The first-order valence-corrected chi connectivity index (χ1v) is 4.13. The van der Waals surface area contributed by atoms with Crippen LogP contribution in [0.3, 0.4) is 0 Å². The van der Waals surface area contributed by atoms with Gasteiger partial charge in [-0.15, -0.1) is 0 Å². The van der Waals surface area contributed by atoms with E-state index in [2.05, 4.69) is 6.58 Å². The topological polar surface area (TPSA) is 35.2 Å². The Hall–Kier alpha value is -0.760. The Bertz CT molecular complexity index is 175. The van der Waals surface area contributed by atoms with Crippen LogP contribution >= 0.6 is 0 Å². The third-order valence-electron chi connectivity index (χ3n) is 1.02. The summed E-state index contributed by atoms with van der Waals surface area (Å²) in [6.45, 7) is 11.6. The Balaban J connectivity index is 3.91. The lowest BCUT2D eigenvalue weighted by atomic mass is 10.2. The minimum atomic E-state index is -0.181. The summed E-state index contributed by atoms with van der Waals surface area (Å²) < 4.78 is 5.45. The highest BCUT2D eigenvalue weighted by atomic mass is 16.5. The van der Waals surface area contributed by atoms with Crippen LogP contribution in [0.1, 0.15) is 27.7 Å². The van der Waals surface area contributed by atoms with Crippen molar-refractivity contribution >= 4 is 0 Å². The number of hydrogen-bond donors (Lipinski definition) is 1. The van der Waals surface area contributed by atoms with Gasteiger partial charge in [0.15, 0.2) is 0 Å². The van der Waals surface area contributed by atoms with Gasteiger partial charge >= 0.3 is 0 Å². The predicted octanol–water partition coefficient (Wildman–Crippen LogP) is 2.22. The van der Waals surface area contributed by atoms with Crippen LogP contribution in [0.4, 0.5) is 0 Å². The minimum Gasteiger partial charge on any atom is -0.489 e. The minimum absolute atomic E-state index is 0.0466. The predicted molar refractivity (Wildman–Crippen MR) is 52.8 cm³/mol. The Morgan fingerprint density at radius 1 is 1.50 bits per heavy atom. The van der Waals surface area contributed by atoms with Crippen molar-refractivity contribution in [1.29, 1.82) is 0 Å². The highest BCUT2D eigenvalue weighted by Crippen LogP contribution is 2.12. The summed E-state index contributed by atoms with van der Waals surface area (Å²) in [6.07, 6.45) is 3.66. The van der Waals surface area contributed by atoms with E-state index in [4.69, 9.17) is 10.5 Å². The Kier molecular flexibility index (Phi) is 4.04. The van der Waals surface area contributed by atoms with Crippen LogP contribution in [0, 0.1) is 0 Å². The summed E-state index contributed by atoms with van der Waals surface area (Å²) in [4.78, 5) is 0. The van der Waals surface area contributed by atoms with Crippen LogP contribution in [0.25, 0.3) is 0 Å². The molecule has 0 saturated heterocycles. The van der Waals surface area contributed by atoms with E-state index < -0.39 is 0 Å². The van der Waals surface area contributed by atoms with E-state index in [1.165, 1.54) is 0 Å². The van der Waals surface area contributed by atoms with Crippen molar-refractivity contribution in [3.05, 3.63) is 24.5 Å². The Morgan fingerprint density at radius 3 is 2.33 bits per heavy atom. The van der Waals surface area contributed by atoms with Gasteiger partial charge in [-0.2, -0.15) is 0 Å². The average molecular weight is 169 g/mol. The lowest BCUT2D eigenvalue weighted by molar-refractivity contribution is 0.0608. The number of hydrogen-bond acceptors (Lipinski definition) is 2. The summed E-state index contributed by atoms with van der Waals surface area (Å²) >= 11 is 0. The van der Waals surface area contributed by atoms with Gasteiger partial charge in [0, 0.05) is 6.04 Å². The van der Waals surface area contributed by atoms with E-state index in [1.54, 1.807) is 6.08 Å². The van der Waals surface area contributed by atoms with E-state index >= 15 is 0 Å². The first kappa shape index (κ1) is 11.2. The van der Waals surface area contributed by atoms with Gasteiger partial charge in [-0.1, -0.05) is 12.7 Å². The van der Waals surface area contributed by atoms with Crippen LogP contribution < -0.4 is 5.73 Å². The molecule has 0 aliphatic rings. The van der Waals surface area contributed by atoms with E-state index in [0.717, 1.165) is 0 Å². The van der Waals surface area contributed by atoms with Crippen molar-refractivity contribution in [2.75, 3.05) is 0 Å². The molecule has 70 valence electrons. The van der Waals surface area contributed by atoms with Gasteiger partial charge in [0.25, 0.3) is 0 Å². The highest BCUT2D eigenvalue weighted by Gasteiger charge is 2.10. The van der Waals surface area contributed by atoms with Crippen LogP contribution in [-0.4, -0.2) is 11.6 Å². The molecule has 0 radical (unpaired) electrons. The van der Waals surface area contributed by atoms with Crippen LogP contribution in [0.2, 0.25) is 0 Å². The molecule has 1 atom stereocenters. The smallest absolute Gasteiger partial charge is 0.112 e. The van der Waals surface area contributed by atoms with Gasteiger partial charge in [0.05, 0.1) is 0 Å². The van der Waals surface area contributed by atoms with Crippen molar-refractivity contribution in [3.63, 3.8) is 0 Å². The zero-order valence-electron chi connectivity index (χ0n) is 8.42. The van der Waals surface area contributed by atoms with E-state index in [0.29, 0.717) is 5.76 Å². The van der Waals surface area contributed by atoms with Crippen molar-refractivity contribution in [2.45, 2.75) is 39.3 Å². The first-order chi connectivity index (χ1) is 5.31. The molecule has 0 aliphatic heterocycles. The molecule has 0 heterocycles. The zero-order chi connectivity index (χ0) is 9.78. The van der Waals surface area contributed by atoms with E-state index in [9.17, 15) is 0 Å². The van der Waals surface area contributed by atoms with E-state index in [-0.39, 0.29) is 11.6 Å².